The Kier molecular flexibility index (Phi) is 7.02. The Bertz CT molecular complexity index is 1770. The number of carbonyl (C=O) groups is 1. The van der Waals surface area contributed by atoms with Crippen molar-refractivity contribution in [3.63, 3.8) is 0 Å². The van der Waals surface area contributed by atoms with Crippen molar-refractivity contribution in [3.8, 4) is 16.9 Å². The van der Waals surface area contributed by atoms with Gasteiger partial charge in [-0.15, -0.1) is 0 Å². The Labute approximate surface area is 227 Å². The third-order valence-corrected chi connectivity index (χ3v) is 8.62. The number of aromatic nitrogens is 5. The minimum absolute atomic E-state index is 0.236. The highest BCUT2D eigenvalue weighted by atomic mass is 32.2. The van der Waals surface area contributed by atoms with Crippen molar-refractivity contribution in [2.24, 2.45) is 0 Å². The molecule has 0 aliphatic carbocycles. The van der Waals surface area contributed by atoms with Crippen LogP contribution < -0.4 is 5.32 Å². The van der Waals surface area contributed by atoms with E-state index in [1.165, 1.54) is 15.0 Å². The first-order chi connectivity index (χ1) is 18.7. The van der Waals surface area contributed by atoms with Gasteiger partial charge in [-0.3, -0.25) is 4.79 Å². The first kappa shape index (κ1) is 26.3. The second-order valence-electron chi connectivity index (χ2n) is 9.13. The summed E-state index contributed by atoms with van der Waals surface area (Å²) in [5, 5.41) is 12.0. The lowest BCUT2D eigenvalue weighted by atomic mass is 10.1. The fourth-order valence-electron chi connectivity index (χ4n) is 4.45. The molecule has 1 amide bonds. The van der Waals surface area contributed by atoms with Crippen LogP contribution in [0.2, 0.25) is 0 Å². The van der Waals surface area contributed by atoms with Gasteiger partial charge in [-0.1, -0.05) is 37.6 Å². The number of nitrogens with one attached hydrogen (secondary N) is 1. The van der Waals surface area contributed by atoms with E-state index >= 15 is 0 Å². The SMILES string of the molecule is CCN(CC)S(=O)(=O)c1ccc(-c2cc(NC(=O)c3cnn4cccnc34)n(-c3ccc(C)cc3)n2)c(C)c1. The van der Waals surface area contributed by atoms with Crippen LogP contribution in [0, 0.1) is 13.8 Å². The summed E-state index contributed by atoms with van der Waals surface area (Å²) in [6.45, 7) is 8.27. The van der Waals surface area contributed by atoms with Gasteiger partial charge in [0.2, 0.25) is 10.0 Å². The molecule has 2 aromatic carbocycles. The third kappa shape index (κ3) is 4.93. The minimum Gasteiger partial charge on any atom is -0.306 e. The average Bonchev–Trinajstić information content (AvgIpc) is 3.54. The van der Waals surface area contributed by atoms with Gasteiger partial charge in [0.15, 0.2) is 5.65 Å². The number of hydrogen-bond donors (Lipinski definition) is 1. The summed E-state index contributed by atoms with van der Waals surface area (Å²) in [6.07, 6.45) is 4.81. The minimum atomic E-state index is -3.59. The van der Waals surface area contributed by atoms with Crippen molar-refractivity contribution in [1.82, 2.24) is 28.7 Å². The predicted octanol–water partition coefficient (Wildman–Crippen LogP) is 4.48. The first-order valence-electron chi connectivity index (χ1n) is 12.6. The third-order valence-electron chi connectivity index (χ3n) is 6.57. The zero-order chi connectivity index (χ0) is 27.7. The fraction of sp³-hybridized carbons (Fsp3) is 0.214. The van der Waals surface area contributed by atoms with Gasteiger partial charge < -0.3 is 5.32 Å². The van der Waals surface area contributed by atoms with Gasteiger partial charge >= 0.3 is 0 Å². The summed E-state index contributed by atoms with van der Waals surface area (Å²) in [5.41, 5.74) is 4.73. The first-order valence-corrected chi connectivity index (χ1v) is 14.0. The largest absolute Gasteiger partial charge is 0.306 e. The molecule has 3 aromatic heterocycles. The molecule has 10 nitrogen and oxygen atoms in total. The highest BCUT2D eigenvalue weighted by Gasteiger charge is 2.23. The molecule has 11 heteroatoms. The fourth-order valence-corrected chi connectivity index (χ4v) is 6.00. The van der Waals surface area contributed by atoms with Crippen LogP contribution in [0.4, 0.5) is 5.82 Å². The molecular formula is C28H29N7O3S. The number of benzene rings is 2. The topological polar surface area (TPSA) is 114 Å². The Morgan fingerprint density at radius 3 is 2.46 bits per heavy atom. The molecule has 0 aliphatic rings. The molecule has 39 heavy (non-hydrogen) atoms. The van der Waals surface area contributed by atoms with E-state index in [0.717, 1.165) is 22.4 Å². The molecule has 0 fully saturated rings. The highest BCUT2D eigenvalue weighted by molar-refractivity contribution is 7.89. The van der Waals surface area contributed by atoms with Gasteiger partial charge in [0.05, 0.1) is 22.5 Å². The lowest BCUT2D eigenvalue weighted by Crippen LogP contribution is -2.30. The Hall–Kier alpha value is -4.35. The maximum Gasteiger partial charge on any atom is 0.262 e. The zero-order valence-corrected chi connectivity index (χ0v) is 23.0. The van der Waals surface area contributed by atoms with E-state index in [9.17, 15) is 13.2 Å². The highest BCUT2D eigenvalue weighted by Crippen LogP contribution is 2.30. The quantitative estimate of drug-likeness (QED) is 0.309. The van der Waals surface area contributed by atoms with Crippen molar-refractivity contribution in [2.45, 2.75) is 32.6 Å². The molecule has 1 N–H and O–H groups in total. The lowest BCUT2D eigenvalue weighted by Gasteiger charge is -2.19. The van der Waals surface area contributed by atoms with E-state index < -0.39 is 10.0 Å². The average molecular weight is 544 g/mol. The van der Waals surface area contributed by atoms with Crippen LogP contribution in [0.1, 0.15) is 35.3 Å². The molecule has 3 heterocycles. The number of hydrogen-bond acceptors (Lipinski definition) is 6. The Morgan fingerprint density at radius 2 is 1.77 bits per heavy atom. The van der Waals surface area contributed by atoms with Crippen molar-refractivity contribution >= 4 is 27.4 Å². The standard InChI is InChI=1S/C28H29N7O3S/c1-5-33(6-2)39(37,38)22-12-13-23(20(4)16-22)25-17-26(35(32-25)21-10-8-19(3)9-11-21)31-28(36)24-18-30-34-15-7-14-29-27(24)34/h7-18H,5-6H2,1-4H3,(H,31,36). The van der Waals surface area contributed by atoms with Crippen molar-refractivity contribution in [2.75, 3.05) is 18.4 Å². The number of fused-ring (bicyclic) bond motifs is 1. The number of amides is 1. The second-order valence-corrected chi connectivity index (χ2v) is 11.1. The van der Waals surface area contributed by atoms with Crippen LogP contribution >= 0.6 is 0 Å². The number of aryl methyl sites for hydroxylation is 2. The number of rotatable bonds is 8. The second kappa shape index (κ2) is 10.4. The van der Waals surface area contributed by atoms with Crippen LogP contribution in [-0.4, -0.2) is 56.1 Å². The van der Waals surface area contributed by atoms with Crippen LogP contribution in [0.25, 0.3) is 22.6 Å². The van der Waals surface area contributed by atoms with Crippen molar-refractivity contribution < 1.29 is 13.2 Å². The summed E-state index contributed by atoms with van der Waals surface area (Å²) in [4.78, 5) is 17.8. The molecule has 0 aliphatic heterocycles. The Morgan fingerprint density at radius 1 is 1.03 bits per heavy atom. The number of sulfonamides is 1. The van der Waals surface area contributed by atoms with Gasteiger partial charge in [0, 0.05) is 37.1 Å². The van der Waals surface area contributed by atoms with Gasteiger partial charge in [-0.2, -0.15) is 14.5 Å². The molecule has 5 aromatic rings. The Balaban J connectivity index is 1.55. The van der Waals surface area contributed by atoms with E-state index in [-0.39, 0.29) is 10.8 Å². The molecular weight excluding hydrogens is 514 g/mol. The number of carbonyl (C=O) groups excluding carboxylic acids is 1. The van der Waals surface area contributed by atoms with Crippen molar-refractivity contribution in [1.29, 1.82) is 0 Å². The number of nitrogens with zero attached hydrogens (tertiary/aromatic N) is 6. The van der Waals surface area contributed by atoms with E-state index in [2.05, 4.69) is 15.4 Å². The summed E-state index contributed by atoms with van der Waals surface area (Å²) < 4.78 is 30.7. The molecule has 5 rings (SSSR count). The van der Waals surface area contributed by atoms with Crippen molar-refractivity contribution in [3.05, 3.63) is 89.9 Å². The molecule has 0 spiro atoms. The molecule has 0 atom stereocenters. The zero-order valence-electron chi connectivity index (χ0n) is 22.2. The van der Waals surface area contributed by atoms with E-state index in [4.69, 9.17) is 5.10 Å². The van der Waals surface area contributed by atoms with E-state index in [1.807, 2.05) is 52.0 Å². The molecule has 0 saturated carbocycles. The monoisotopic (exact) mass is 543 g/mol. The summed E-state index contributed by atoms with van der Waals surface area (Å²) in [6, 6.07) is 16.3. The van der Waals surface area contributed by atoms with Crippen LogP contribution in [0.5, 0.6) is 0 Å². The van der Waals surface area contributed by atoms with Gasteiger partial charge in [0.1, 0.15) is 11.4 Å². The summed E-state index contributed by atoms with van der Waals surface area (Å²) >= 11 is 0. The molecule has 200 valence electrons. The van der Waals surface area contributed by atoms with E-state index in [1.54, 1.807) is 47.4 Å². The van der Waals surface area contributed by atoms with Gasteiger partial charge in [-0.25, -0.2) is 22.6 Å². The predicted molar refractivity (Wildman–Crippen MR) is 150 cm³/mol. The summed E-state index contributed by atoms with van der Waals surface area (Å²) in [5.74, 6) is 0.0780. The number of anilines is 1. The molecule has 0 saturated heterocycles. The van der Waals surface area contributed by atoms with Crippen LogP contribution in [-0.2, 0) is 10.0 Å². The van der Waals surface area contributed by atoms with E-state index in [0.29, 0.717) is 35.8 Å². The van der Waals surface area contributed by atoms with Gasteiger partial charge in [-0.05, 0) is 49.7 Å². The summed E-state index contributed by atoms with van der Waals surface area (Å²) in [7, 11) is -3.59. The molecule has 0 unspecified atom stereocenters. The van der Waals surface area contributed by atoms with Crippen LogP contribution in [0.3, 0.4) is 0 Å². The van der Waals surface area contributed by atoms with Gasteiger partial charge in [0.25, 0.3) is 5.91 Å². The molecule has 0 radical (unpaired) electrons. The smallest absolute Gasteiger partial charge is 0.262 e. The maximum atomic E-state index is 13.3. The van der Waals surface area contributed by atoms with Crippen LogP contribution in [0.15, 0.2) is 78.1 Å². The normalized spacial score (nSPS) is 11.8. The molecule has 0 bridgehead atoms. The lowest BCUT2D eigenvalue weighted by molar-refractivity contribution is 0.102. The maximum absolute atomic E-state index is 13.3.